The van der Waals surface area contributed by atoms with Gasteiger partial charge in [-0.3, -0.25) is 0 Å². The molecule has 0 amide bonds. The van der Waals surface area contributed by atoms with Crippen LogP contribution in [0, 0.1) is 6.92 Å². The zero-order valence-electron chi connectivity index (χ0n) is 14.9. The second-order valence-corrected chi connectivity index (χ2v) is 7.37. The van der Waals surface area contributed by atoms with Gasteiger partial charge in [0.25, 0.3) is 0 Å². The first-order valence-electron chi connectivity index (χ1n) is 9.10. The SMILES string of the molecule is Cc1nc(NC2CCCN(C)C2)nnc1-c1ccc(C2CC2)cc1O. The van der Waals surface area contributed by atoms with Crippen molar-refractivity contribution in [3.8, 4) is 17.0 Å². The topological polar surface area (TPSA) is 74.2 Å². The molecule has 1 atom stereocenters. The highest BCUT2D eigenvalue weighted by Crippen LogP contribution is 2.42. The van der Waals surface area contributed by atoms with Crippen molar-refractivity contribution in [3.63, 3.8) is 0 Å². The maximum absolute atomic E-state index is 10.4. The number of hydrogen-bond donors (Lipinski definition) is 2. The summed E-state index contributed by atoms with van der Waals surface area (Å²) < 4.78 is 0. The molecular weight excluding hydrogens is 314 g/mol. The van der Waals surface area contributed by atoms with Gasteiger partial charge in [0, 0.05) is 18.2 Å². The van der Waals surface area contributed by atoms with Crippen molar-refractivity contribution < 1.29 is 5.11 Å². The number of nitrogens with one attached hydrogen (secondary N) is 1. The molecule has 1 aliphatic carbocycles. The van der Waals surface area contributed by atoms with Crippen molar-refractivity contribution >= 4 is 5.95 Å². The number of aryl methyl sites for hydroxylation is 1. The molecule has 2 fully saturated rings. The van der Waals surface area contributed by atoms with Gasteiger partial charge in [-0.2, -0.15) is 0 Å². The number of aromatic hydroxyl groups is 1. The van der Waals surface area contributed by atoms with Crippen LogP contribution in [0.4, 0.5) is 5.95 Å². The van der Waals surface area contributed by atoms with E-state index in [1.165, 1.54) is 24.8 Å². The summed E-state index contributed by atoms with van der Waals surface area (Å²) in [5, 5.41) is 22.4. The van der Waals surface area contributed by atoms with Crippen molar-refractivity contribution in [1.29, 1.82) is 0 Å². The number of rotatable bonds is 4. The van der Waals surface area contributed by atoms with Crippen LogP contribution in [0.1, 0.15) is 42.9 Å². The minimum Gasteiger partial charge on any atom is -0.507 e. The summed E-state index contributed by atoms with van der Waals surface area (Å²) in [6, 6.07) is 6.23. The third kappa shape index (κ3) is 3.58. The highest BCUT2D eigenvalue weighted by atomic mass is 16.3. The van der Waals surface area contributed by atoms with E-state index < -0.39 is 0 Å². The maximum Gasteiger partial charge on any atom is 0.243 e. The first-order chi connectivity index (χ1) is 12.1. The predicted molar refractivity (Wildman–Crippen MR) is 97.8 cm³/mol. The van der Waals surface area contributed by atoms with E-state index in [4.69, 9.17) is 0 Å². The van der Waals surface area contributed by atoms with Crippen molar-refractivity contribution in [2.75, 3.05) is 25.5 Å². The van der Waals surface area contributed by atoms with E-state index in [-0.39, 0.29) is 5.75 Å². The van der Waals surface area contributed by atoms with E-state index >= 15 is 0 Å². The molecule has 1 aromatic heterocycles. The number of likely N-dealkylation sites (N-methyl/N-ethyl adjacent to an activating group) is 1. The smallest absolute Gasteiger partial charge is 0.243 e. The molecule has 2 N–H and O–H groups in total. The van der Waals surface area contributed by atoms with Gasteiger partial charge >= 0.3 is 0 Å². The Morgan fingerprint density at radius 3 is 2.72 bits per heavy atom. The van der Waals surface area contributed by atoms with Crippen molar-refractivity contribution in [2.45, 2.75) is 44.6 Å². The lowest BCUT2D eigenvalue weighted by atomic mass is 10.0. The van der Waals surface area contributed by atoms with Crippen LogP contribution in [0.5, 0.6) is 5.75 Å². The van der Waals surface area contributed by atoms with Crippen molar-refractivity contribution in [3.05, 3.63) is 29.5 Å². The molecule has 132 valence electrons. The summed E-state index contributed by atoms with van der Waals surface area (Å²) in [6.45, 7) is 4.05. The van der Waals surface area contributed by atoms with E-state index in [2.05, 4.69) is 38.5 Å². The van der Waals surface area contributed by atoms with Crippen LogP contribution in [0.2, 0.25) is 0 Å². The van der Waals surface area contributed by atoms with Crippen LogP contribution in [0.25, 0.3) is 11.3 Å². The highest BCUT2D eigenvalue weighted by molar-refractivity contribution is 5.69. The van der Waals surface area contributed by atoms with Gasteiger partial charge < -0.3 is 15.3 Å². The Balaban J connectivity index is 1.53. The lowest BCUT2D eigenvalue weighted by Crippen LogP contribution is -2.40. The van der Waals surface area contributed by atoms with E-state index in [0.717, 1.165) is 25.2 Å². The molecule has 4 rings (SSSR count). The Labute approximate surface area is 148 Å². The van der Waals surface area contributed by atoms with Crippen molar-refractivity contribution in [1.82, 2.24) is 20.1 Å². The summed E-state index contributed by atoms with van der Waals surface area (Å²) in [5.74, 6) is 1.44. The van der Waals surface area contributed by atoms with E-state index in [0.29, 0.717) is 29.2 Å². The third-order valence-electron chi connectivity index (χ3n) is 5.14. The van der Waals surface area contributed by atoms with Crippen LogP contribution in [-0.4, -0.2) is 51.4 Å². The van der Waals surface area contributed by atoms with Gasteiger partial charge in [0.15, 0.2) is 0 Å². The fraction of sp³-hybridized carbons (Fsp3) is 0.526. The van der Waals surface area contributed by atoms with Gasteiger partial charge in [0.1, 0.15) is 11.4 Å². The first kappa shape index (κ1) is 16.3. The number of aromatic nitrogens is 3. The minimum absolute atomic E-state index is 0.262. The zero-order chi connectivity index (χ0) is 17.4. The standard InChI is InChI=1S/C19H25N5O/c1-12-18(16-8-7-14(10-17(16)25)13-5-6-13)22-23-19(20-12)21-15-4-3-9-24(2)11-15/h7-8,10,13,15,25H,3-6,9,11H2,1-2H3,(H,20,21,23). The molecule has 2 aliphatic rings. The maximum atomic E-state index is 10.4. The lowest BCUT2D eigenvalue weighted by Gasteiger charge is -2.30. The highest BCUT2D eigenvalue weighted by Gasteiger charge is 2.25. The molecule has 1 saturated carbocycles. The van der Waals surface area contributed by atoms with Crippen LogP contribution in [0.15, 0.2) is 18.2 Å². The van der Waals surface area contributed by atoms with E-state index in [1.54, 1.807) is 0 Å². The third-order valence-corrected chi connectivity index (χ3v) is 5.14. The Morgan fingerprint density at radius 2 is 2.04 bits per heavy atom. The number of anilines is 1. The molecular formula is C19H25N5O. The van der Waals surface area contributed by atoms with Crippen LogP contribution in [0.3, 0.4) is 0 Å². The average molecular weight is 339 g/mol. The summed E-state index contributed by atoms with van der Waals surface area (Å²) in [4.78, 5) is 6.88. The summed E-state index contributed by atoms with van der Waals surface area (Å²) in [5.41, 5.74) is 3.33. The Morgan fingerprint density at radius 1 is 1.20 bits per heavy atom. The lowest BCUT2D eigenvalue weighted by molar-refractivity contribution is 0.260. The molecule has 6 heteroatoms. The zero-order valence-corrected chi connectivity index (χ0v) is 14.9. The molecule has 1 aliphatic heterocycles. The Hall–Kier alpha value is -2.21. The molecule has 0 spiro atoms. The van der Waals surface area contributed by atoms with E-state index in [1.807, 2.05) is 19.1 Å². The number of likely N-dealkylation sites (tertiary alicyclic amines) is 1. The summed E-state index contributed by atoms with van der Waals surface area (Å²) in [6.07, 6.45) is 4.74. The van der Waals surface area contributed by atoms with Gasteiger partial charge in [-0.25, -0.2) is 4.98 Å². The predicted octanol–water partition coefficient (Wildman–Crippen LogP) is 2.94. The van der Waals surface area contributed by atoms with Gasteiger partial charge in [-0.15, -0.1) is 10.2 Å². The molecule has 1 aromatic carbocycles. The quantitative estimate of drug-likeness (QED) is 0.892. The molecule has 6 nitrogen and oxygen atoms in total. The van der Waals surface area contributed by atoms with Crippen LogP contribution < -0.4 is 5.32 Å². The fourth-order valence-electron chi connectivity index (χ4n) is 3.60. The molecule has 0 bridgehead atoms. The number of piperidine rings is 1. The number of nitrogens with zero attached hydrogens (tertiary/aromatic N) is 4. The van der Waals surface area contributed by atoms with Gasteiger partial charge in [0.05, 0.1) is 5.69 Å². The second kappa shape index (κ2) is 6.59. The molecule has 2 aromatic rings. The van der Waals surface area contributed by atoms with Crippen LogP contribution >= 0.6 is 0 Å². The average Bonchev–Trinajstić information content (AvgIpc) is 3.41. The Kier molecular flexibility index (Phi) is 4.29. The minimum atomic E-state index is 0.262. The molecule has 0 radical (unpaired) electrons. The van der Waals surface area contributed by atoms with Gasteiger partial charge in [-0.1, -0.05) is 6.07 Å². The normalized spacial score (nSPS) is 21.3. The number of phenols is 1. The molecule has 25 heavy (non-hydrogen) atoms. The number of benzene rings is 1. The molecule has 1 unspecified atom stereocenters. The second-order valence-electron chi connectivity index (χ2n) is 7.37. The number of phenolic OH excluding ortho intramolecular Hbond substituents is 1. The molecule has 1 saturated heterocycles. The monoisotopic (exact) mass is 339 g/mol. The molecule has 2 heterocycles. The summed E-state index contributed by atoms with van der Waals surface area (Å²) >= 11 is 0. The van der Waals surface area contributed by atoms with Crippen molar-refractivity contribution in [2.24, 2.45) is 0 Å². The summed E-state index contributed by atoms with van der Waals surface area (Å²) in [7, 11) is 2.13. The van der Waals surface area contributed by atoms with Crippen LogP contribution in [-0.2, 0) is 0 Å². The fourth-order valence-corrected chi connectivity index (χ4v) is 3.60. The van der Waals surface area contributed by atoms with E-state index in [9.17, 15) is 5.11 Å². The first-order valence-corrected chi connectivity index (χ1v) is 9.10. The largest absolute Gasteiger partial charge is 0.507 e. The van der Waals surface area contributed by atoms with Gasteiger partial charge in [-0.05, 0) is 69.8 Å². The number of hydrogen-bond acceptors (Lipinski definition) is 6. The Bertz CT molecular complexity index is 774. The van der Waals surface area contributed by atoms with Gasteiger partial charge in [0.2, 0.25) is 5.95 Å².